The fraction of sp³-hybridized carbons (Fsp3) is 0. The summed E-state index contributed by atoms with van der Waals surface area (Å²) in [6.07, 6.45) is 1.68. The molecular formula is C22H12Br2O4. The molecule has 0 aliphatic carbocycles. The van der Waals surface area contributed by atoms with Gasteiger partial charge in [0.25, 0.3) is 0 Å². The molecule has 0 saturated carbocycles. The average Bonchev–Trinajstić information content (AvgIpc) is 2.99. The van der Waals surface area contributed by atoms with Crippen molar-refractivity contribution in [2.75, 3.05) is 0 Å². The van der Waals surface area contributed by atoms with Gasteiger partial charge in [0.1, 0.15) is 11.5 Å². The summed E-state index contributed by atoms with van der Waals surface area (Å²) in [6.45, 7) is 0. The summed E-state index contributed by atoms with van der Waals surface area (Å²) in [5.41, 5.74) is 1.67. The van der Waals surface area contributed by atoms with Gasteiger partial charge in [-0.1, -0.05) is 46.3 Å². The molecule has 0 spiro atoms. The number of ether oxygens (including phenoxy) is 2. The number of esters is 1. The Kier molecular flexibility index (Phi) is 5.15. The van der Waals surface area contributed by atoms with Crippen LogP contribution >= 0.6 is 31.9 Å². The van der Waals surface area contributed by atoms with Gasteiger partial charge in [-0.25, -0.2) is 4.79 Å². The van der Waals surface area contributed by atoms with Crippen LogP contribution in [0.1, 0.15) is 26.3 Å². The molecule has 0 N–H and O–H groups in total. The highest BCUT2D eigenvalue weighted by molar-refractivity contribution is 9.10. The summed E-state index contributed by atoms with van der Waals surface area (Å²) in [4.78, 5) is 25.0. The van der Waals surface area contributed by atoms with Crippen LogP contribution in [0.3, 0.4) is 0 Å². The lowest BCUT2D eigenvalue weighted by atomic mass is 10.1. The van der Waals surface area contributed by atoms with Crippen LogP contribution in [0.25, 0.3) is 6.08 Å². The van der Waals surface area contributed by atoms with E-state index in [2.05, 4.69) is 31.9 Å². The van der Waals surface area contributed by atoms with Gasteiger partial charge in [0.05, 0.1) is 11.1 Å². The maximum atomic E-state index is 12.6. The number of ketones is 1. The van der Waals surface area contributed by atoms with E-state index in [1.807, 2.05) is 30.3 Å². The largest absolute Gasteiger partial charge is 0.452 e. The molecule has 0 unspecified atom stereocenters. The number of hydrogen-bond acceptors (Lipinski definition) is 4. The van der Waals surface area contributed by atoms with Crippen LogP contribution in [0.2, 0.25) is 0 Å². The number of carbonyl (C=O) groups is 2. The van der Waals surface area contributed by atoms with Gasteiger partial charge in [0.15, 0.2) is 5.76 Å². The number of rotatable bonds is 3. The van der Waals surface area contributed by atoms with Crippen LogP contribution in [-0.2, 0) is 0 Å². The van der Waals surface area contributed by atoms with Crippen LogP contribution < -0.4 is 9.47 Å². The molecule has 0 atom stereocenters. The standard InChI is InChI=1S/C22H12Br2O4/c23-17-7-3-1-5-13(17)11-20-21(25)16-10-9-14(12-19(16)28-20)27-22(26)15-6-2-4-8-18(15)24/h1-12H. The molecule has 0 fully saturated rings. The number of allylic oxidation sites excluding steroid dienone is 1. The van der Waals surface area contributed by atoms with Gasteiger partial charge in [-0.3, -0.25) is 4.79 Å². The van der Waals surface area contributed by atoms with E-state index in [0.29, 0.717) is 27.1 Å². The fourth-order valence-corrected chi connectivity index (χ4v) is 3.60. The van der Waals surface area contributed by atoms with Gasteiger partial charge >= 0.3 is 5.97 Å². The van der Waals surface area contributed by atoms with E-state index in [4.69, 9.17) is 9.47 Å². The van der Waals surface area contributed by atoms with E-state index in [9.17, 15) is 9.59 Å². The number of carbonyl (C=O) groups excluding carboxylic acids is 2. The van der Waals surface area contributed by atoms with Crippen LogP contribution in [0, 0.1) is 0 Å². The minimum Gasteiger partial charge on any atom is -0.452 e. The maximum Gasteiger partial charge on any atom is 0.344 e. The number of halogens is 2. The normalized spacial score (nSPS) is 13.9. The number of benzene rings is 3. The van der Waals surface area contributed by atoms with Crippen LogP contribution in [-0.4, -0.2) is 11.8 Å². The molecule has 1 aliphatic heterocycles. The Hall–Kier alpha value is -2.70. The van der Waals surface area contributed by atoms with Gasteiger partial charge in [-0.05, 0) is 57.9 Å². The van der Waals surface area contributed by atoms with Crippen molar-refractivity contribution in [1.82, 2.24) is 0 Å². The SMILES string of the molecule is O=C(Oc1ccc2c(c1)OC(=Cc1ccccc1Br)C2=O)c1ccccc1Br. The van der Waals surface area contributed by atoms with Gasteiger partial charge in [-0.15, -0.1) is 0 Å². The topological polar surface area (TPSA) is 52.6 Å². The van der Waals surface area contributed by atoms with Crippen molar-refractivity contribution >= 4 is 49.7 Å². The van der Waals surface area contributed by atoms with Crippen molar-refractivity contribution in [3.05, 3.63) is 98.1 Å². The zero-order valence-corrected chi connectivity index (χ0v) is 17.5. The summed E-state index contributed by atoms with van der Waals surface area (Å²) in [5.74, 6) is 0.168. The van der Waals surface area contributed by atoms with Crippen molar-refractivity contribution in [3.8, 4) is 11.5 Å². The third kappa shape index (κ3) is 3.66. The molecule has 4 rings (SSSR count). The lowest BCUT2D eigenvalue weighted by molar-refractivity contribution is 0.0733. The van der Waals surface area contributed by atoms with Crippen LogP contribution in [0.5, 0.6) is 11.5 Å². The van der Waals surface area contributed by atoms with Crippen LogP contribution in [0.15, 0.2) is 81.4 Å². The van der Waals surface area contributed by atoms with E-state index in [0.717, 1.165) is 10.0 Å². The zero-order valence-electron chi connectivity index (χ0n) is 14.3. The first-order valence-corrected chi connectivity index (χ1v) is 9.91. The molecule has 1 heterocycles. The van der Waals surface area contributed by atoms with E-state index >= 15 is 0 Å². The quantitative estimate of drug-likeness (QED) is 0.250. The van der Waals surface area contributed by atoms with Crippen molar-refractivity contribution < 1.29 is 19.1 Å². The van der Waals surface area contributed by atoms with Gasteiger partial charge < -0.3 is 9.47 Å². The lowest BCUT2D eigenvalue weighted by Gasteiger charge is -2.07. The Labute approximate surface area is 178 Å². The van der Waals surface area contributed by atoms with Crippen molar-refractivity contribution in [1.29, 1.82) is 0 Å². The molecule has 0 radical (unpaired) electrons. The highest BCUT2D eigenvalue weighted by Gasteiger charge is 2.28. The summed E-state index contributed by atoms with van der Waals surface area (Å²) in [6, 6.07) is 19.3. The molecule has 3 aromatic rings. The second-order valence-electron chi connectivity index (χ2n) is 5.99. The van der Waals surface area contributed by atoms with Gasteiger partial charge in [0.2, 0.25) is 5.78 Å². The summed E-state index contributed by atoms with van der Waals surface area (Å²) >= 11 is 6.78. The molecule has 0 aromatic heterocycles. The molecule has 1 aliphatic rings. The Morgan fingerprint density at radius 1 is 0.929 bits per heavy atom. The summed E-state index contributed by atoms with van der Waals surface area (Å²) < 4.78 is 12.7. The van der Waals surface area contributed by atoms with E-state index in [-0.39, 0.29) is 11.5 Å². The van der Waals surface area contributed by atoms with Crippen molar-refractivity contribution in [2.24, 2.45) is 0 Å². The predicted octanol–water partition coefficient (Wildman–Crippen LogP) is 6.05. The highest BCUT2D eigenvalue weighted by atomic mass is 79.9. The van der Waals surface area contributed by atoms with Crippen LogP contribution in [0.4, 0.5) is 0 Å². The fourth-order valence-electron chi connectivity index (χ4n) is 2.75. The first kappa shape index (κ1) is 18.7. The second-order valence-corrected chi connectivity index (χ2v) is 7.70. The maximum absolute atomic E-state index is 12.6. The van der Waals surface area contributed by atoms with Gasteiger partial charge in [-0.2, -0.15) is 0 Å². The third-order valence-corrected chi connectivity index (χ3v) is 5.55. The number of fused-ring (bicyclic) bond motifs is 1. The number of hydrogen-bond donors (Lipinski definition) is 0. The zero-order chi connectivity index (χ0) is 19.7. The summed E-state index contributed by atoms with van der Waals surface area (Å²) in [7, 11) is 0. The summed E-state index contributed by atoms with van der Waals surface area (Å²) in [5, 5.41) is 0. The molecule has 0 amide bonds. The third-order valence-electron chi connectivity index (χ3n) is 4.14. The molecular weight excluding hydrogens is 488 g/mol. The van der Waals surface area contributed by atoms with Crippen molar-refractivity contribution in [2.45, 2.75) is 0 Å². The minimum atomic E-state index is -0.499. The molecule has 6 heteroatoms. The molecule has 138 valence electrons. The molecule has 4 nitrogen and oxygen atoms in total. The first-order chi connectivity index (χ1) is 13.5. The highest BCUT2D eigenvalue weighted by Crippen LogP contribution is 2.35. The Balaban J connectivity index is 1.58. The van der Waals surface area contributed by atoms with E-state index in [1.54, 1.807) is 42.5 Å². The molecule has 0 bridgehead atoms. The minimum absolute atomic E-state index is 0.213. The predicted molar refractivity (Wildman–Crippen MR) is 113 cm³/mol. The molecule has 3 aromatic carbocycles. The number of Topliss-reactive ketones (excluding diaryl/α,β-unsaturated/α-hetero) is 1. The lowest BCUT2D eigenvalue weighted by Crippen LogP contribution is -2.09. The molecule has 0 saturated heterocycles. The molecule has 28 heavy (non-hydrogen) atoms. The first-order valence-electron chi connectivity index (χ1n) is 8.32. The Morgan fingerprint density at radius 2 is 1.64 bits per heavy atom. The Bertz CT molecular complexity index is 1130. The monoisotopic (exact) mass is 498 g/mol. The second kappa shape index (κ2) is 7.73. The van der Waals surface area contributed by atoms with E-state index < -0.39 is 5.97 Å². The average molecular weight is 500 g/mol. The van der Waals surface area contributed by atoms with Gasteiger partial charge in [0, 0.05) is 15.0 Å². The Morgan fingerprint density at radius 3 is 2.39 bits per heavy atom. The van der Waals surface area contributed by atoms with Crippen molar-refractivity contribution in [3.63, 3.8) is 0 Å². The van der Waals surface area contributed by atoms with E-state index in [1.165, 1.54) is 0 Å². The smallest absolute Gasteiger partial charge is 0.344 e.